The Morgan fingerprint density at radius 3 is 2.03 bits per heavy atom. The third-order valence-corrected chi connectivity index (χ3v) is 6.01. The molecule has 3 rings (SSSR count). The van der Waals surface area contributed by atoms with Crippen molar-refractivity contribution in [1.29, 1.82) is 0 Å². The maximum Gasteiger partial charge on any atom is 0.343 e. The van der Waals surface area contributed by atoms with Crippen molar-refractivity contribution in [1.82, 2.24) is 0 Å². The minimum absolute atomic E-state index is 0.161. The van der Waals surface area contributed by atoms with Gasteiger partial charge in [-0.1, -0.05) is 82.3 Å². The predicted octanol–water partition coefficient (Wildman–Crippen LogP) is 8.57. The first kappa shape index (κ1) is 24.7. The molecule has 0 aromatic heterocycles. The fourth-order valence-corrected chi connectivity index (χ4v) is 3.94. The van der Waals surface area contributed by atoms with Crippen molar-refractivity contribution in [3.8, 4) is 16.9 Å². The smallest absolute Gasteiger partial charge is 0.343 e. The number of hydrogen-bond donors (Lipinski definition) is 0. The van der Waals surface area contributed by atoms with Gasteiger partial charge in [0, 0.05) is 0 Å². The number of carbonyl (C=O) groups is 1. The summed E-state index contributed by atoms with van der Waals surface area (Å²) in [5.41, 5.74) is 4.18. The molecule has 0 fully saturated rings. The molecule has 174 valence electrons. The minimum Gasteiger partial charge on any atom is -0.423 e. The molecule has 3 aromatic carbocycles. The fraction of sp³-hybridized carbons (Fsp3) is 0.367. The van der Waals surface area contributed by atoms with Gasteiger partial charge in [-0.25, -0.2) is 9.18 Å². The maximum atomic E-state index is 14.5. The predicted molar refractivity (Wildman–Crippen MR) is 134 cm³/mol. The molecule has 0 saturated heterocycles. The molecule has 33 heavy (non-hydrogen) atoms. The lowest BCUT2D eigenvalue weighted by molar-refractivity contribution is 0.0734. The van der Waals surface area contributed by atoms with E-state index in [0.29, 0.717) is 11.3 Å². The number of hydrogen-bond acceptors (Lipinski definition) is 2. The van der Waals surface area contributed by atoms with Gasteiger partial charge in [0.1, 0.15) is 11.6 Å². The Bertz CT molecular complexity index is 1010. The van der Waals surface area contributed by atoms with Crippen LogP contribution in [0.4, 0.5) is 4.39 Å². The summed E-state index contributed by atoms with van der Waals surface area (Å²) >= 11 is 0. The molecule has 0 spiro atoms. The van der Waals surface area contributed by atoms with Crippen LogP contribution in [0, 0.1) is 5.82 Å². The average molecular weight is 447 g/mol. The van der Waals surface area contributed by atoms with Crippen molar-refractivity contribution >= 4 is 5.97 Å². The van der Waals surface area contributed by atoms with Crippen LogP contribution in [-0.4, -0.2) is 5.97 Å². The van der Waals surface area contributed by atoms with Crippen molar-refractivity contribution < 1.29 is 13.9 Å². The number of unbranched alkanes of at least 4 members (excludes halogenated alkanes) is 5. The molecule has 0 aliphatic carbocycles. The van der Waals surface area contributed by atoms with Gasteiger partial charge in [-0.3, -0.25) is 0 Å². The highest BCUT2D eigenvalue weighted by molar-refractivity contribution is 5.91. The van der Waals surface area contributed by atoms with E-state index in [1.54, 1.807) is 18.2 Å². The van der Waals surface area contributed by atoms with E-state index in [-0.39, 0.29) is 5.82 Å². The van der Waals surface area contributed by atoms with E-state index in [2.05, 4.69) is 13.8 Å². The molecule has 3 aromatic rings. The van der Waals surface area contributed by atoms with E-state index in [1.165, 1.54) is 37.7 Å². The van der Waals surface area contributed by atoms with Gasteiger partial charge < -0.3 is 4.74 Å². The summed E-state index contributed by atoms with van der Waals surface area (Å²) in [5, 5.41) is 0. The zero-order valence-corrected chi connectivity index (χ0v) is 19.9. The van der Waals surface area contributed by atoms with Crippen LogP contribution >= 0.6 is 0 Å². The van der Waals surface area contributed by atoms with Gasteiger partial charge in [0.15, 0.2) is 0 Å². The molecule has 0 radical (unpaired) electrons. The van der Waals surface area contributed by atoms with Gasteiger partial charge in [-0.05, 0) is 78.3 Å². The first-order valence-corrected chi connectivity index (χ1v) is 12.3. The van der Waals surface area contributed by atoms with Crippen LogP contribution in [-0.2, 0) is 12.8 Å². The molecular formula is C30H35FO2. The second-order valence-corrected chi connectivity index (χ2v) is 8.68. The van der Waals surface area contributed by atoms with Crippen molar-refractivity contribution in [2.24, 2.45) is 0 Å². The summed E-state index contributed by atoms with van der Waals surface area (Å²) in [7, 11) is 0. The van der Waals surface area contributed by atoms with Gasteiger partial charge in [-0.2, -0.15) is 0 Å². The van der Waals surface area contributed by atoms with Gasteiger partial charge >= 0.3 is 5.97 Å². The van der Waals surface area contributed by atoms with Crippen LogP contribution in [0.1, 0.15) is 80.3 Å². The second kappa shape index (κ2) is 12.9. The average Bonchev–Trinajstić information content (AvgIpc) is 2.84. The summed E-state index contributed by atoms with van der Waals surface area (Å²) in [5.74, 6) is -0.0144. The van der Waals surface area contributed by atoms with Gasteiger partial charge in [-0.15, -0.1) is 0 Å². The molecule has 0 aliphatic rings. The van der Waals surface area contributed by atoms with Gasteiger partial charge in [0.05, 0.1) is 5.56 Å². The first-order valence-electron chi connectivity index (χ1n) is 12.3. The van der Waals surface area contributed by atoms with Gasteiger partial charge in [0.2, 0.25) is 0 Å². The Labute approximate surface area is 197 Å². The summed E-state index contributed by atoms with van der Waals surface area (Å²) in [6.07, 6.45) is 9.95. The summed E-state index contributed by atoms with van der Waals surface area (Å²) in [4.78, 5) is 12.5. The zero-order chi connectivity index (χ0) is 23.5. The topological polar surface area (TPSA) is 26.3 Å². The number of benzene rings is 3. The lowest BCUT2D eigenvalue weighted by Gasteiger charge is -2.08. The number of carbonyl (C=O) groups excluding carboxylic acids is 1. The number of ether oxygens (including phenoxy) is 1. The second-order valence-electron chi connectivity index (χ2n) is 8.68. The molecule has 0 unspecified atom stereocenters. The number of esters is 1. The van der Waals surface area contributed by atoms with Crippen LogP contribution in [0.3, 0.4) is 0 Å². The molecule has 0 atom stereocenters. The fourth-order valence-electron chi connectivity index (χ4n) is 3.94. The van der Waals surface area contributed by atoms with Gasteiger partial charge in [0.25, 0.3) is 0 Å². The van der Waals surface area contributed by atoms with E-state index in [0.717, 1.165) is 42.4 Å². The number of rotatable bonds is 12. The van der Waals surface area contributed by atoms with E-state index in [9.17, 15) is 9.18 Å². The summed E-state index contributed by atoms with van der Waals surface area (Å²) in [6, 6.07) is 20.3. The zero-order valence-electron chi connectivity index (χ0n) is 19.9. The lowest BCUT2D eigenvalue weighted by atomic mass is 9.99. The molecule has 0 saturated carbocycles. The SMILES string of the molecule is CCCCCCc1ccc(-c2ccc(C(=O)Oc3ccc(CCCCC)cc3)cc2)cc1F. The Morgan fingerprint density at radius 1 is 0.727 bits per heavy atom. The highest BCUT2D eigenvalue weighted by Crippen LogP contribution is 2.24. The van der Waals surface area contributed by atoms with E-state index in [1.807, 2.05) is 48.5 Å². The Morgan fingerprint density at radius 2 is 1.36 bits per heavy atom. The molecule has 0 N–H and O–H groups in total. The third kappa shape index (κ3) is 7.56. The molecule has 3 heteroatoms. The number of aryl methyl sites for hydroxylation is 2. The Kier molecular flexibility index (Phi) is 9.68. The monoisotopic (exact) mass is 446 g/mol. The van der Waals surface area contributed by atoms with E-state index in [4.69, 9.17) is 4.74 Å². The molecule has 2 nitrogen and oxygen atoms in total. The van der Waals surface area contributed by atoms with Crippen molar-refractivity contribution in [3.63, 3.8) is 0 Å². The molecule has 0 bridgehead atoms. The van der Waals surface area contributed by atoms with Crippen molar-refractivity contribution in [2.45, 2.75) is 71.6 Å². The molecule has 0 amide bonds. The van der Waals surface area contributed by atoms with E-state index < -0.39 is 5.97 Å². The van der Waals surface area contributed by atoms with Crippen LogP contribution < -0.4 is 4.74 Å². The normalized spacial score (nSPS) is 10.9. The molecular weight excluding hydrogens is 411 g/mol. The largest absolute Gasteiger partial charge is 0.423 e. The minimum atomic E-state index is -0.395. The van der Waals surface area contributed by atoms with Crippen molar-refractivity contribution in [3.05, 3.63) is 89.2 Å². The Balaban J connectivity index is 1.58. The van der Waals surface area contributed by atoms with Crippen LogP contribution in [0.5, 0.6) is 5.75 Å². The highest BCUT2D eigenvalue weighted by atomic mass is 19.1. The standard InChI is InChI=1S/C30H35FO2/c1-3-5-7-9-11-25-16-19-27(22-29(25)31)24-14-17-26(18-15-24)30(32)33-28-20-12-23(13-21-28)10-8-6-4-2/h12-22H,3-11H2,1-2H3. The molecule has 0 aliphatic heterocycles. The van der Waals surface area contributed by atoms with Crippen LogP contribution in [0.15, 0.2) is 66.7 Å². The summed E-state index contributed by atoms with van der Waals surface area (Å²) in [6.45, 7) is 4.37. The van der Waals surface area contributed by atoms with E-state index >= 15 is 0 Å². The quantitative estimate of drug-likeness (QED) is 0.158. The molecule has 0 heterocycles. The lowest BCUT2D eigenvalue weighted by Crippen LogP contribution is -2.08. The van der Waals surface area contributed by atoms with Crippen molar-refractivity contribution in [2.75, 3.05) is 0 Å². The highest BCUT2D eigenvalue weighted by Gasteiger charge is 2.10. The summed E-state index contributed by atoms with van der Waals surface area (Å²) < 4.78 is 20.1. The maximum absolute atomic E-state index is 14.5. The van der Waals surface area contributed by atoms with Crippen LogP contribution in [0.25, 0.3) is 11.1 Å². The number of halogens is 1. The Hall–Kier alpha value is -2.94. The third-order valence-electron chi connectivity index (χ3n) is 6.01. The first-order chi connectivity index (χ1) is 16.1. The van der Waals surface area contributed by atoms with Crippen LogP contribution in [0.2, 0.25) is 0 Å².